The lowest BCUT2D eigenvalue weighted by Crippen LogP contribution is -2.40. The minimum Gasteiger partial charge on any atom is -0.475 e. The van der Waals surface area contributed by atoms with Gasteiger partial charge in [0, 0.05) is 24.8 Å². The quantitative estimate of drug-likeness (QED) is 0.722. The second-order valence-corrected chi connectivity index (χ2v) is 5.39. The number of rotatable bonds is 6. The summed E-state index contributed by atoms with van der Waals surface area (Å²) in [6.07, 6.45) is 2.00. The first-order chi connectivity index (χ1) is 8.36. The van der Waals surface area contributed by atoms with Crippen molar-refractivity contribution in [3.05, 3.63) is 23.7 Å². The Bertz CT molecular complexity index is 392. The first kappa shape index (κ1) is 14.7. The van der Waals surface area contributed by atoms with Gasteiger partial charge in [-0.05, 0) is 17.9 Å². The van der Waals surface area contributed by atoms with Crippen LogP contribution in [-0.2, 0) is 6.54 Å². The van der Waals surface area contributed by atoms with E-state index in [1.165, 1.54) is 6.26 Å². The van der Waals surface area contributed by atoms with E-state index in [0.717, 1.165) is 0 Å². The molecule has 0 fully saturated rings. The second kappa shape index (κ2) is 6.02. The highest BCUT2D eigenvalue weighted by molar-refractivity contribution is 5.86. The van der Waals surface area contributed by atoms with E-state index in [4.69, 9.17) is 14.6 Å². The highest BCUT2D eigenvalue weighted by Gasteiger charge is 2.24. The molecule has 1 rings (SSSR count). The molecule has 0 amide bonds. The van der Waals surface area contributed by atoms with E-state index in [-0.39, 0.29) is 23.8 Å². The Morgan fingerprint density at radius 3 is 2.67 bits per heavy atom. The Labute approximate surface area is 107 Å². The van der Waals surface area contributed by atoms with Crippen molar-refractivity contribution in [2.45, 2.75) is 39.8 Å². The average Bonchev–Trinajstić information content (AvgIpc) is 2.70. The topological polar surface area (TPSA) is 82.7 Å². The Morgan fingerprint density at radius 1 is 1.50 bits per heavy atom. The van der Waals surface area contributed by atoms with E-state index >= 15 is 0 Å². The maximum Gasteiger partial charge on any atom is 0.372 e. The molecule has 0 aliphatic carbocycles. The van der Waals surface area contributed by atoms with Gasteiger partial charge in [0.2, 0.25) is 5.76 Å². The normalized spacial score (nSPS) is 13.6. The fourth-order valence-electron chi connectivity index (χ4n) is 1.87. The van der Waals surface area contributed by atoms with Crippen LogP contribution < -0.4 is 5.32 Å². The molecule has 1 heterocycles. The van der Waals surface area contributed by atoms with E-state index < -0.39 is 5.97 Å². The summed E-state index contributed by atoms with van der Waals surface area (Å²) in [6, 6.07) is 1.76. The second-order valence-electron chi connectivity index (χ2n) is 5.39. The van der Waals surface area contributed by atoms with Crippen LogP contribution >= 0.6 is 0 Å². The maximum atomic E-state index is 10.9. The molecule has 3 N–H and O–H groups in total. The molecule has 0 saturated heterocycles. The molecule has 5 heteroatoms. The fraction of sp³-hybridized carbons (Fsp3) is 0.615. The van der Waals surface area contributed by atoms with Crippen LogP contribution in [-0.4, -0.2) is 28.8 Å². The third kappa shape index (κ3) is 3.85. The van der Waals surface area contributed by atoms with Gasteiger partial charge in [-0.25, -0.2) is 4.79 Å². The van der Waals surface area contributed by atoms with Crippen LogP contribution in [0.5, 0.6) is 0 Å². The van der Waals surface area contributed by atoms with Gasteiger partial charge in [0.25, 0.3) is 0 Å². The molecule has 0 aliphatic rings. The SMILES string of the molecule is CC(C)(C)C(CCO)NCc1ccoc1C(=O)O. The molecule has 1 unspecified atom stereocenters. The molecule has 18 heavy (non-hydrogen) atoms. The molecule has 0 saturated carbocycles. The number of aliphatic hydroxyl groups excluding tert-OH is 1. The van der Waals surface area contributed by atoms with Crippen molar-refractivity contribution in [3.8, 4) is 0 Å². The minimum atomic E-state index is -1.06. The van der Waals surface area contributed by atoms with Gasteiger partial charge in [0.1, 0.15) is 0 Å². The molecule has 0 aliphatic heterocycles. The molecular weight excluding hydrogens is 234 g/mol. The summed E-state index contributed by atoms with van der Waals surface area (Å²) in [5.41, 5.74) is 0.616. The van der Waals surface area contributed by atoms with Crippen LogP contribution in [0.3, 0.4) is 0 Å². The van der Waals surface area contributed by atoms with Crippen LogP contribution in [0.4, 0.5) is 0 Å². The lowest BCUT2D eigenvalue weighted by atomic mass is 9.85. The molecule has 1 aromatic rings. The summed E-state index contributed by atoms with van der Waals surface area (Å²) in [4.78, 5) is 10.9. The predicted molar refractivity (Wildman–Crippen MR) is 67.5 cm³/mol. The number of aliphatic hydroxyl groups is 1. The molecule has 1 aromatic heterocycles. The highest BCUT2D eigenvalue weighted by Crippen LogP contribution is 2.22. The smallest absolute Gasteiger partial charge is 0.372 e. The van der Waals surface area contributed by atoms with Gasteiger partial charge in [-0.3, -0.25) is 0 Å². The van der Waals surface area contributed by atoms with Crippen molar-refractivity contribution < 1.29 is 19.4 Å². The molecule has 0 spiro atoms. The zero-order valence-corrected chi connectivity index (χ0v) is 11.1. The molecule has 102 valence electrons. The van der Waals surface area contributed by atoms with E-state index in [1.807, 2.05) is 0 Å². The van der Waals surface area contributed by atoms with Crippen molar-refractivity contribution in [2.24, 2.45) is 5.41 Å². The maximum absolute atomic E-state index is 10.9. The van der Waals surface area contributed by atoms with Gasteiger partial charge in [-0.1, -0.05) is 20.8 Å². The average molecular weight is 255 g/mol. The highest BCUT2D eigenvalue weighted by atomic mass is 16.4. The Morgan fingerprint density at radius 2 is 2.17 bits per heavy atom. The molecule has 0 bridgehead atoms. The van der Waals surface area contributed by atoms with Crippen LogP contribution in [0.1, 0.15) is 43.3 Å². The van der Waals surface area contributed by atoms with Crippen molar-refractivity contribution >= 4 is 5.97 Å². The Hall–Kier alpha value is -1.33. The lowest BCUT2D eigenvalue weighted by Gasteiger charge is -2.31. The van der Waals surface area contributed by atoms with E-state index in [1.54, 1.807) is 6.07 Å². The molecule has 0 radical (unpaired) electrons. The zero-order valence-electron chi connectivity index (χ0n) is 11.1. The number of aromatic carboxylic acids is 1. The van der Waals surface area contributed by atoms with Crippen LogP contribution in [0.2, 0.25) is 0 Å². The standard InChI is InChI=1S/C13H21NO4/c1-13(2,3)10(4-6-15)14-8-9-5-7-18-11(9)12(16)17/h5,7,10,14-15H,4,6,8H2,1-3H3,(H,16,17). The van der Waals surface area contributed by atoms with Gasteiger partial charge >= 0.3 is 5.97 Å². The molecule has 0 aromatic carbocycles. The zero-order chi connectivity index (χ0) is 13.8. The lowest BCUT2D eigenvalue weighted by molar-refractivity contribution is 0.0660. The molecule has 5 nitrogen and oxygen atoms in total. The summed E-state index contributed by atoms with van der Waals surface area (Å²) in [5, 5.41) is 21.2. The minimum absolute atomic E-state index is 0.00411. The number of furan rings is 1. The van der Waals surface area contributed by atoms with E-state index in [0.29, 0.717) is 18.5 Å². The first-order valence-corrected chi connectivity index (χ1v) is 6.00. The summed E-state index contributed by atoms with van der Waals surface area (Å²) in [5.74, 6) is -1.09. The summed E-state index contributed by atoms with van der Waals surface area (Å²) in [6.45, 7) is 6.75. The van der Waals surface area contributed by atoms with Gasteiger partial charge < -0.3 is 19.9 Å². The number of carboxylic acids is 1. The number of hydrogen-bond donors (Lipinski definition) is 3. The third-order valence-corrected chi connectivity index (χ3v) is 2.94. The first-order valence-electron chi connectivity index (χ1n) is 6.00. The molecular formula is C13H21NO4. The van der Waals surface area contributed by atoms with Crippen molar-refractivity contribution in [1.29, 1.82) is 0 Å². The van der Waals surface area contributed by atoms with Crippen LogP contribution in [0, 0.1) is 5.41 Å². The Balaban J connectivity index is 2.67. The van der Waals surface area contributed by atoms with E-state index in [9.17, 15) is 4.79 Å². The summed E-state index contributed by atoms with van der Waals surface area (Å²) in [7, 11) is 0. The predicted octanol–water partition coefficient (Wildman–Crippen LogP) is 1.86. The van der Waals surface area contributed by atoms with Crippen molar-refractivity contribution in [3.63, 3.8) is 0 Å². The van der Waals surface area contributed by atoms with Gasteiger partial charge in [-0.15, -0.1) is 0 Å². The Kier molecular flexibility index (Phi) is 4.93. The van der Waals surface area contributed by atoms with Crippen molar-refractivity contribution in [2.75, 3.05) is 6.61 Å². The number of carbonyl (C=O) groups is 1. The van der Waals surface area contributed by atoms with Crippen LogP contribution in [0.15, 0.2) is 16.7 Å². The van der Waals surface area contributed by atoms with E-state index in [2.05, 4.69) is 26.1 Å². The van der Waals surface area contributed by atoms with Crippen molar-refractivity contribution in [1.82, 2.24) is 5.32 Å². The molecule has 1 atom stereocenters. The number of carboxylic acid groups (broad SMARTS) is 1. The van der Waals surface area contributed by atoms with Gasteiger partial charge in [0.15, 0.2) is 0 Å². The third-order valence-electron chi connectivity index (χ3n) is 2.94. The number of hydrogen-bond acceptors (Lipinski definition) is 4. The monoisotopic (exact) mass is 255 g/mol. The summed E-state index contributed by atoms with van der Waals surface area (Å²) >= 11 is 0. The fourth-order valence-corrected chi connectivity index (χ4v) is 1.87. The van der Waals surface area contributed by atoms with Crippen LogP contribution in [0.25, 0.3) is 0 Å². The van der Waals surface area contributed by atoms with Gasteiger partial charge in [-0.2, -0.15) is 0 Å². The summed E-state index contributed by atoms with van der Waals surface area (Å²) < 4.78 is 4.92. The number of nitrogens with one attached hydrogen (secondary N) is 1. The van der Waals surface area contributed by atoms with Gasteiger partial charge in [0.05, 0.1) is 6.26 Å². The largest absolute Gasteiger partial charge is 0.475 e.